The number of carbonyl (C=O) groups is 1. The molecule has 2 aliphatic heterocycles. The lowest BCUT2D eigenvalue weighted by atomic mass is 9.93. The summed E-state index contributed by atoms with van der Waals surface area (Å²) >= 11 is 0. The summed E-state index contributed by atoms with van der Waals surface area (Å²) in [6, 6.07) is 10.3. The minimum atomic E-state index is -0.205. The van der Waals surface area contributed by atoms with E-state index in [2.05, 4.69) is 42.5 Å². The molecule has 25 heavy (non-hydrogen) atoms. The summed E-state index contributed by atoms with van der Waals surface area (Å²) in [5.74, 6) is 2.01. The largest absolute Gasteiger partial charge is 0.335 e. The summed E-state index contributed by atoms with van der Waals surface area (Å²) in [6.45, 7) is 7.12. The molecule has 0 N–H and O–H groups in total. The van der Waals surface area contributed by atoms with Crippen LogP contribution >= 0.6 is 0 Å². The molecule has 0 aliphatic carbocycles. The van der Waals surface area contributed by atoms with E-state index in [1.165, 1.54) is 5.56 Å². The van der Waals surface area contributed by atoms with Crippen molar-refractivity contribution >= 4 is 22.4 Å². The summed E-state index contributed by atoms with van der Waals surface area (Å²) in [4.78, 5) is 18.9. The number of carbonyl (C=O) groups excluding carboxylic acids is 1. The molecule has 122 valence electrons. The third kappa shape index (κ3) is 2.38. The molecule has 1 aromatic carbocycles. The van der Waals surface area contributed by atoms with Gasteiger partial charge in [-0.3, -0.25) is 4.79 Å². The van der Waals surface area contributed by atoms with Gasteiger partial charge in [0.05, 0.1) is 23.5 Å². The zero-order chi connectivity index (χ0) is 17.6. The smallest absolute Gasteiger partial charge is 0.209 e. The molecule has 0 saturated heterocycles. The number of fused-ring (bicyclic) bond motifs is 4. The van der Waals surface area contributed by atoms with Crippen molar-refractivity contribution in [1.82, 2.24) is 9.88 Å². The standard InChI is InChI=1S/C22H18N2O/c1-4-18(25)11-16-12-21-22-17(13-24(21)14(3)19(16)5-2)10-15-8-6-7-9-20(15)23-22/h1,6-10,12H,3,5,11,13H2,2H3. The van der Waals surface area contributed by atoms with Crippen molar-refractivity contribution in [2.75, 3.05) is 0 Å². The van der Waals surface area contributed by atoms with Crippen LogP contribution in [0.25, 0.3) is 16.6 Å². The molecule has 3 nitrogen and oxygen atoms in total. The van der Waals surface area contributed by atoms with Crippen LogP contribution in [0.2, 0.25) is 0 Å². The fourth-order valence-electron chi connectivity index (χ4n) is 3.69. The lowest BCUT2D eigenvalue weighted by Crippen LogP contribution is -2.21. The van der Waals surface area contributed by atoms with Gasteiger partial charge in [-0.1, -0.05) is 31.7 Å². The molecule has 4 rings (SSSR count). The average Bonchev–Trinajstić information content (AvgIpc) is 2.98. The SMILES string of the molecule is C#CC(=O)CC1=C(CC)C(=C)N2Cc3cc4ccccc4nc3C2=C1. The lowest BCUT2D eigenvalue weighted by molar-refractivity contribution is -0.113. The van der Waals surface area contributed by atoms with Crippen LogP contribution in [-0.2, 0) is 11.3 Å². The second-order valence-corrected chi connectivity index (χ2v) is 6.35. The minimum Gasteiger partial charge on any atom is -0.335 e. The Labute approximate surface area is 147 Å². The fourth-order valence-corrected chi connectivity index (χ4v) is 3.69. The molecule has 0 fully saturated rings. The van der Waals surface area contributed by atoms with Crippen LogP contribution in [0.5, 0.6) is 0 Å². The second kappa shape index (κ2) is 5.75. The Morgan fingerprint density at radius 1 is 1.40 bits per heavy atom. The van der Waals surface area contributed by atoms with Gasteiger partial charge in [0.1, 0.15) is 0 Å². The quantitative estimate of drug-likeness (QED) is 0.625. The zero-order valence-corrected chi connectivity index (χ0v) is 14.2. The van der Waals surface area contributed by atoms with Gasteiger partial charge in [0.2, 0.25) is 5.78 Å². The van der Waals surface area contributed by atoms with Crippen LogP contribution in [0.3, 0.4) is 0 Å². The van der Waals surface area contributed by atoms with Gasteiger partial charge in [-0.05, 0) is 41.7 Å². The third-order valence-electron chi connectivity index (χ3n) is 4.90. The molecule has 0 spiro atoms. The Balaban J connectivity index is 1.87. The van der Waals surface area contributed by atoms with Crippen molar-refractivity contribution < 1.29 is 4.79 Å². The second-order valence-electron chi connectivity index (χ2n) is 6.35. The molecular weight excluding hydrogens is 308 g/mol. The maximum Gasteiger partial charge on any atom is 0.209 e. The van der Waals surface area contributed by atoms with Crippen molar-refractivity contribution in [2.45, 2.75) is 26.3 Å². The van der Waals surface area contributed by atoms with E-state index in [4.69, 9.17) is 11.4 Å². The number of para-hydroxylation sites is 1. The molecule has 0 atom stereocenters. The highest BCUT2D eigenvalue weighted by atomic mass is 16.1. The van der Waals surface area contributed by atoms with Gasteiger partial charge in [0.15, 0.2) is 0 Å². The highest BCUT2D eigenvalue weighted by Crippen LogP contribution is 2.43. The minimum absolute atomic E-state index is 0.205. The monoisotopic (exact) mass is 326 g/mol. The molecule has 0 radical (unpaired) electrons. The van der Waals surface area contributed by atoms with E-state index < -0.39 is 0 Å². The van der Waals surface area contributed by atoms with Crippen LogP contribution in [0, 0.1) is 12.3 Å². The number of rotatable bonds is 3. The molecule has 2 aromatic rings. The van der Waals surface area contributed by atoms with Crippen molar-refractivity contribution in [1.29, 1.82) is 0 Å². The molecule has 0 saturated carbocycles. The van der Waals surface area contributed by atoms with Crippen LogP contribution in [0.1, 0.15) is 31.0 Å². The van der Waals surface area contributed by atoms with Crippen molar-refractivity contribution in [3.63, 3.8) is 0 Å². The molecule has 0 amide bonds. The highest BCUT2D eigenvalue weighted by Gasteiger charge is 2.32. The molecule has 0 unspecified atom stereocenters. The number of aromatic nitrogens is 1. The maximum absolute atomic E-state index is 11.8. The first kappa shape index (κ1) is 15.4. The van der Waals surface area contributed by atoms with Crippen LogP contribution < -0.4 is 0 Å². The molecule has 3 heteroatoms. The normalized spacial score (nSPS) is 15.8. The van der Waals surface area contributed by atoms with E-state index in [-0.39, 0.29) is 12.2 Å². The Hall–Kier alpha value is -3.12. The predicted molar refractivity (Wildman–Crippen MR) is 100 cm³/mol. The van der Waals surface area contributed by atoms with Crippen molar-refractivity contribution in [2.24, 2.45) is 0 Å². The van der Waals surface area contributed by atoms with Crippen LogP contribution in [0.4, 0.5) is 0 Å². The van der Waals surface area contributed by atoms with E-state index in [0.29, 0.717) is 0 Å². The fraction of sp³-hybridized carbons (Fsp3) is 0.182. The van der Waals surface area contributed by atoms with Gasteiger partial charge < -0.3 is 4.90 Å². The Morgan fingerprint density at radius 2 is 2.20 bits per heavy atom. The number of hydrogen-bond acceptors (Lipinski definition) is 3. The summed E-state index contributed by atoms with van der Waals surface area (Å²) < 4.78 is 0. The lowest BCUT2D eigenvalue weighted by Gasteiger charge is -2.30. The van der Waals surface area contributed by atoms with Crippen LogP contribution in [-0.4, -0.2) is 15.7 Å². The van der Waals surface area contributed by atoms with E-state index in [1.54, 1.807) is 0 Å². The Kier molecular flexibility index (Phi) is 3.54. The van der Waals surface area contributed by atoms with Crippen molar-refractivity contribution in [3.05, 3.63) is 71.1 Å². The Bertz CT molecular complexity index is 1030. The first-order valence-electron chi connectivity index (χ1n) is 8.41. The van der Waals surface area contributed by atoms with Crippen molar-refractivity contribution in [3.8, 4) is 12.3 Å². The van der Waals surface area contributed by atoms with Gasteiger partial charge in [-0.25, -0.2) is 4.98 Å². The average molecular weight is 326 g/mol. The van der Waals surface area contributed by atoms with E-state index in [1.807, 2.05) is 18.2 Å². The number of pyridine rings is 1. The van der Waals surface area contributed by atoms with E-state index >= 15 is 0 Å². The van der Waals surface area contributed by atoms with Crippen LogP contribution in [0.15, 0.2) is 59.8 Å². The summed E-state index contributed by atoms with van der Waals surface area (Å²) in [5.41, 5.74) is 7.16. The first-order valence-corrected chi connectivity index (χ1v) is 8.41. The predicted octanol–water partition coefficient (Wildman–Crippen LogP) is 4.22. The van der Waals surface area contributed by atoms with E-state index in [0.717, 1.165) is 52.1 Å². The number of hydrogen-bond donors (Lipinski definition) is 0. The van der Waals surface area contributed by atoms with E-state index in [9.17, 15) is 4.79 Å². The van der Waals surface area contributed by atoms with Gasteiger partial charge >= 0.3 is 0 Å². The molecular formula is C22H18N2O. The first-order chi connectivity index (χ1) is 12.1. The maximum atomic E-state index is 11.8. The third-order valence-corrected chi connectivity index (χ3v) is 4.90. The molecule has 2 aliphatic rings. The molecule has 1 aromatic heterocycles. The molecule has 0 bridgehead atoms. The molecule has 3 heterocycles. The number of ketones is 1. The number of benzene rings is 1. The number of Topliss-reactive ketones (excluding diaryl/α,β-unsaturated/α-hetero) is 1. The van der Waals surface area contributed by atoms with Gasteiger partial charge in [0, 0.05) is 23.1 Å². The zero-order valence-electron chi connectivity index (χ0n) is 14.2. The summed E-state index contributed by atoms with van der Waals surface area (Å²) in [5, 5.41) is 1.14. The summed E-state index contributed by atoms with van der Waals surface area (Å²) in [6.07, 6.45) is 8.40. The topological polar surface area (TPSA) is 33.2 Å². The number of nitrogens with zero attached hydrogens (tertiary/aromatic N) is 2. The number of terminal acetylenes is 1. The number of allylic oxidation sites excluding steroid dienone is 3. The Morgan fingerprint density at radius 3 is 2.96 bits per heavy atom. The highest BCUT2D eigenvalue weighted by molar-refractivity contribution is 5.97. The van der Waals surface area contributed by atoms with Gasteiger partial charge in [0.25, 0.3) is 0 Å². The summed E-state index contributed by atoms with van der Waals surface area (Å²) in [7, 11) is 0. The van der Waals surface area contributed by atoms with Gasteiger partial charge in [-0.15, -0.1) is 6.42 Å². The van der Waals surface area contributed by atoms with Gasteiger partial charge in [-0.2, -0.15) is 0 Å².